The van der Waals surface area contributed by atoms with E-state index in [0.29, 0.717) is 13.0 Å². The molecule has 0 aliphatic heterocycles. The number of aliphatic hydroxyl groups excluding tert-OH is 2. The molecule has 17 heavy (non-hydrogen) atoms. The fourth-order valence-corrected chi connectivity index (χ4v) is 2.69. The molecule has 1 aliphatic carbocycles. The molecular formula is C14H28O3. The van der Waals surface area contributed by atoms with Gasteiger partial charge in [0.15, 0.2) is 0 Å². The Balaban J connectivity index is 2.32. The predicted molar refractivity (Wildman–Crippen MR) is 68.8 cm³/mol. The van der Waals surface area contributed by atoms with Gasteiger partial charge in [0, 0.05) is 0 Å². The molecule has 3 nitrogen and oxygen atoms in total. The highest BCUT2D eigenvalue weighted by molar-refractivity contribution is 4.81. The first-order valence-corrected chi connectivity index (χ1v) is 7.00. The van der Waals surface area contributed by atoms with Gasteiger partial charge in [-0.25, -0.2) is 0 Å². The summed E-state index contributed by atoms with van der Waals surface area (Å²) in [6.07, 6.45) is 4.42. The molecule has 0 bridgehead atoms. The van der Waals surface area contributed by atoms with Crippen LogP contribution in [0.15, 0.2) is 0 Å². The summed E-state index contributed by atoms with van der Waals surface area (Å²) in [5, 5.41) is 19.8. The van der Waals surface area contributed by atoms with E-state index in [0.717, 1.165) is 25.2 Å². The summed E-state index contributed by atoms with van der Waals surface area (Å²) in [5.74, 6) is 0.973. The molecule has 1 fully saturated rings. The zero-order valence-corrected chi connectivity index (χ0v) is 11.4. The molecule has 0 spiro atoms. The molecule has 0 amide bonds. The normalized spacial score (nSPS) is 31.8. The highest BCUT2D eigenvalue weighted by atomic mass is 16.5. The molecule has 4 unspecified atom stereocenters. The molecule has 1 rings (SSSR count). The summed E-state index contributed by atoms with van der Waals surface area (Å²) in [4.78, 5) is 0. The molecule has 0 aromatic carbocycles. The van der Waals surface area contributed by atoms with Crippen molar-refractivity contribution in [3.63, 3.8) is 0 Å². The SMILES string of the molecule is CCC1CCC(O)C(CC(O)COC(C)C)C1. The van der Waals surface area contributed by atoms with Crippen molar-refractivity contribution in [3.8, 4) is 0 Å². The lowest BCUT2D eigenvalue weighted by atomic mass is 9.76. The van der Waals surface area contributed by atoms with Crippen LogP contribution in [-0.2, 0) is 4.74 Å². The van der Waals surface area contributed by atoms with E-state index in [4.69, 9.17) is 4.74 Å². The summed E-state index contributed by atoms with van der Waals surface area (Å²) >= 11 is 0. The first kappa shape index (κ1) is 14.9. The summed E-state index contributed by atoms with van der Waals surface area (Å²) in [6, 6.07) is 0. The topological polar surface area (TPSA) is 49.7 Å². The maximum atomic E-state index is 9.96. The van der Waals surface area contributed by atoms with E-state index in [1.807, 2.05) is 13.8 Å². The third-order valence-electron chi connectivity index (χ3n) is 3.83. The van der Waals surface area contributed by atoms with Crippen LogP contribution in [0.5, 0.6) is 0 Å². The molecule has 102 valence electrons. The van der Waals surface area contributed by atoms with Gasteiger partial charge in [0.25, 0.3) is 0 Å². The molecule has 4 atom stereocenters. The zero-order valence-electron chi connectivity index (χ0n) is 11.4. The van der Waals surface area contributed by atoms with Gasteiger partial charge >= 0.3 is 0 Å². The van der Waals surface area contributed by atoms with Gasteiger partial charge in [0.1, 0.15) is 0 Å². The summed E-state index contributed by atoms with van der Waals surface area (Å²) in [6.45, 7) is 6.53. The van der Waals surface area contributed by atoms with E-state index >= 15 is 0 Å². The smallest absolute Gasteiger partial charge is 0.0777 e. The highest BCUT2D eigenvalue weighted by Gasteiger charge is 2.29. The summed E-state index contributed by atoms with van der Waals surface area (Å²) in [7, 11) is 0. The number of hydrogen-bond donors (Lipinski definition) is 2. The Morgan fingerprint density at radius 1 is 1.29 bits per heavy atom. The molecular weight excluding hydrogens is 216 g/mol. The van der Waals surface area contributed by atoms with E-state index < -0.39 is 6.10 Å². The molecule has 2 N–H and O–H groups in total. The van der Waals surface area contributed by atoms with Gasteiger partial charge in [-0.05, 0) is 51.4 Å². The lowest BCUT2D eigenvalue weighted by Crippen LogP contribution is -2.33. The number of aliphatic hydroxyl groups is 2. The quantitative estimate of drug-likeness (QED) is 0.754. The van der Waals surface area contributed by atoms with Gasteiger partial charge in [-0.15, -0.1) is 0 Å². The lowest BCUT2D eigenvalue weighted by molar-refractivity contribution is -0.0288. The maximum absolute atomic E-state index is 9.96. The van der Waals surface area contributed by atoms with Gasteiger partial charge in [-0.2, -0.15) is 0 Å². The van der Waals surface area contributed by atoms with E-state index in [-0.39, 0.29) is 18.1 Å². The van der Waals surface area contributed by atoms with E-state index in [2.05, 4.69) is 6.92 Å². The Bertz CT molecular complexity index is 206. The maximum Gasteiger partial charge on any atom is 0.0777 e. The Morgan fingerprint density at radius 2 is 2.00 bits per heavy atom. The van der Waals surface area contributed by atoms with Gasteiger partial charge in [-0.3, -0.25) is 0 Å². The first-order valence-electron chi connectivity index (χ1n) is 7.00. The van der Waals surface area contributed by atoms with Gasteiger partial charge < -0.3 is 14.9 Å². The van der Waals surface area contributed by atoms with Crippen LogP contribution in [0.3, 0.4) is 0 Å². The second kappa shape index (κ2) is 7.34. The van der Waals surface area contributed by atoms with Crippen molar-refractivity contribution in [2.75, 3.05) is 6.61 Å². The number of ether oxygens (including phenoxy) is 1. The van der Waals surface area contributed by atoms with Crippen LogP contribution < -0.4 is 0 Å². The van der Waals surface area contributed by atoms with Crippen molar-refractivity contribution in [2.45, 2.75) is 71.2 Å². The van der Waals surface area contributed by atoms with Gasteiger partial charge in [0.05, 0.1) is 24.9 Å². The van der Waals surface area contributed by atoms with Crippen molar-refractivity contribution in [3.05, 3.63) is 0 Å². The number of rotatable bonds is 6. The minimum atomic E-state index is -0.437. The van der Waals surface area contributed by atoms with Crippen molar-refractivity contribution >= 4 is 0 Å². The van der Waals surface area contributed by atoms with Crippen LogP contribution in [0, 0.1) is 11.8 Å². The summed E-state index contributed by atoms with van der Waals surface area (Å²) in [5.41, 5.74) is 0. The van der Waals surface area contributed by atoms with Gasteiger partial charge in [0.2, 0.25) is 0 Å². The highest BCUT2D eigenvalue weighted by Crippen LogP contribution is 2.33. The first-order chi connectivity index (χ1) is 8.02. The second-order valence-electron chi connectivity index (χ2n) is 5.69. The largest absolute Gasteiger partial charge is 0.393 e. The Hall–Kier alpha value is -0.120. The predicted octanol–water partition coefficient (Wildman–Crippen LogP) is 2.35. The van der Waals surface area contributed by atoms with Crippen molar-refractivity contribution in [1.29, 1.82) is 0 Å². The average Bonchev–Trinajstić information content (AvgIpc) is 2.29. The molecule has 1 saturated carbocycles. The molecule has 0 saturated heterocycles. The van der Waals surface area contributed by atoms with Crippen LogP contribution in [0.2, 0.25) is 0 Å². The third-order valence-corrected chi connectivity index (χ3v) is 3.83. The van der Waals surface area contributed by atoms with E-state index in [1.165, 1.54) is 6.42 Å². The van der Waals surface area contributed by atoms with Crippen LogP contribution >= 0.6 is 0 Å². The lowest BCUT2D eigenvalue weighted by Gasteiger charge is -2.34. The van der Waals surface area contributed by atoms with Crippen LogP contribution in [-0.4, -0.2) is 35.1 Å². The fraction of sp³-hybridized carbons (Fsp3) is 1.00. The molecule has 0 aromatic heterocycles. The molecule has 0 heterocycles. The Kier molecular flexibility index (Phi) is 6.45. The van der Waals surface area contributed by atoms with Crippen LogP contribution in [0.4, 0.5) is 0 Å². The molecule has 1 aliphatic rings. The molecule has 3 heteroatoms. The zero-order chi connectivity index (χ0) is 12.8. The second-order valence-corrected chi connectivity index (χ2v) is 5.69. The summed E-state index contributed by atoms with van der Waals surface area (Å²) < 4.78 is 5.40. The van der Waals surface area contributed by atoms with Crippen molar-refractivity contribution < 1.29 is 14.9 Å². The van der Waals surface area contributed by atoms with Crippen molar-refractivity contribution in [1.82, 2.24) is 0 Å². The minimum Gasteiger partial charge on any atom is -0.393 e. The molecule has 0 aromatic rings. The average molecular weight is 244 g/mol. The number of hydrogen-bond acceptors (Lipinski definition) is 3. The van der Waals surface area contributed by atoms with E-state index in [9.17, 15) is 10.2 Å². The monoisotopic (exact) mass is 244 g/mol. The van der Waals surface area contributed by atoms with Crippen LogP contribution in [0.1, 0.15) is 52.9 Å². The third kappa shape index (κ3) is 5.36. The van der Waals surface area contributed by atoms with Gasteiger partial charge in [-0.1, -0.05) is 13.3 Å². The van der Waals surface area contributed by atoms with E-state index in [1.54, 1.807) is 0 Å². The van der Waals surface area contributed by atoms with Crippen LogP contribution in [0.25, 0.3) is 0 Å². The Labute approximate surface area is 105 Å². The van der Waals surface area contributed by atoms with Crippen molar-refractivity contribution in [2.24, 2.45) is 11.8 Å². The minimum absolute atomic E-state index is 0.157. The standard InChI is InChI=1S/C14H28O3/c1-4-11-5-6-14(16)12(7-11)8-13(15)9-17-10(2)3/h10-16H,4-9H2,1-3H3. The molecule has 0 radical (unpaired) electrons. The fourth-order valence-electron chi connectivity index (χ4n) is 2.69. The Morgan fingerprint density at radius 3 is 2.59 bits per heavy atom.